The fourth-order valence-electron chi connectivity index (χ4n) is 4.35. The number of sulfonamides is 1. The van der Waals surface area contributed by atoms with Gasteiger partial charge in [0.05, 0.1) is 29.7 Å². The summed E-state index contributed by atoms with van der Waals surface area (Å²) in [4.78, 5) is 19.9. The lowest BCUT2D eigenvalue weighted by molar-refractivity contribution is 0.122. The van der Waals surface area contributed by atoms with Crippen LogP contribution in [0.1, 0.15) is 10.4 Å². The largest absolute Gasteiger partial charge is 0.384 e. The van der Waals surface area contributed by atoms with E-state index in [1.54, 1.807) is 27.9 Å². The van der Waals surface area contributed by atoms with Crippen molar-refractivity contribution in [2.24, 2.45) is 0 Å². The maximum absolute atomic E-state index is 11.8. The highest BCUT2D eigenvalue weighted by Crippen LogP contribution is 2.38. The van der Waals surface area contributed by atoms with Crippen LogP contribution in [-0.4, -0.2) is 91.3 Å². The van der Waals surface area contributed by atoms with E-state index >= 15 is 0 Å². The van der Waals surface area contributed by atoms with Gasteiger partial charge in [-0.05, 0) is 24.6 Å². The fourth-order valence-corrected chi connectivity index (χ4v) is 6.48. The van der Waals surface area contributed by atoms with Crippen LogP contribution in [-0.2, 0) is 21.3 Å². The van der Waals surface area contributed by atoms with E-state index in [0.717, 1.165) is 46.8 Å². The Morgan fingerprint density at radius 2 is 1.82 bits per heavy atom. The minimum Gasteiger partial charge on any atom is -0.384 e. The molecule has 0 amide bonds. The average Bonchev–Trinajstić information content (AvgIpc) is 3.14. The molecule has 2 N–H and O–H groups in total. The second kappa shape index (κ2) is 9.34. The first-order chi connectivity index (χ1) is 16.3. The van der Waals surface area contributed by atoms with Crippen LogP contribution < -0.4 is 10.6 Å². The molecule has 182 valence electrons. The van der Waals surface area contributed by atoms with Crippen molar-refractivity contribution in [3.63, 3.8) is 0 Å². The summed E-state index contributed by atoms with van der Waals surface area (Å²) in [5.41, 5.74) is 8.71. The highest BCUT2D eigenvalue weighted by Gasteiger charge is 2.26. The SMILES string of the molecule is Cc1c(CN2CCN(S(C)(=O)=O)CC2)sc2c(N3CCOCC3)nc(-c3ccc(N)nc3)nc12. The predicted octanol–water partition coefficient (Wildman–Crippen LogP) is 1.56. The van der Waals surface area contributed by atoms with Crippen LogP contribution >= 0.6 is 11.3 Å². The van der Waals surface area contributed by atoms with Crippen LogP contribution in [0.5, 0.6) is 0 Å². The topological polar surface area (TPSA) is 118 Å². The van der Waals surface area contributed by atoms with E-state index in [1.807, 2.05) is 6.07 Å². The summed E-state index contributed by atoms with van der Waals surface area (Å²) >= 11 is 1.73. The number of morpholine rings is 1. The number of aromatic nitrogens is 3. The zero-order valence-electron chi connectivity index (χ0n) is 19.4. The number of piperazine rings is 1. The van der Waals surface area contributed by atoms with Gasteiger partial charge in [0, 0.05) is 62.5 Å². The number of rotatable bonds is 5. The standard InChI is InChI=1S/C22H29N7O3S2/c1-15-17(14-27-5-7-29(8-6-27)34(2,30)31)33-20-19(15)25-21(16-3-4-18(23)24-13-16)26-22(20)28-9-11-32-12-10-28/h3-4,13H,5-12,14H2,1-2H3,(H2,23,24). The highest BCUT2D eigenvalue weighted by molar-refractivity contribution is 7.88. The molecule has 0 aromatic carbocycles. The van der Waals surface area contributed by atoms with Crippen molar-refractivity contribution >= 4 is 43.2 Å². The molecule has 2 fully saturated rings. The highest BCUT2D eigenvalue weighted by atomic mass is 32.2. The van der Waals surface area contributed by atoms with Crippen molar-refractivity contribution in [2.75, 3.05) is 69.4 Å². The van der Waals surface area contributed by atoms with E-state index in [0.29, 0.717) is 51.0 Å². The molecule has 34 heavy (non-hydrogen) atoms. The Morgan fingerprint density at radius 1 is 1.09 bits per heavy atom. The summed E-state index contributed by atoms with van der Waals surface area (Å²) in [6.07, 6.45) is 2.99. The summed E-state index contributed by atoms with van der Waals surface area (Å²) in [6, 6.07) is 3.66. The van der Waals surface area contributed by atoms with Crippen LogP contribution in [0.25, 0.3) is 21.6 Å². The van der Waals surface area contributed by atoms with Gasteiger partial charge < -0.3 is 15.4 Å². The Labute approximate surface area is 203 Å². The first-order valence-electron chi connectivity index (χ1n) is 11.3. The Bertz CT molecular complexity index is 1280. The molecule has 0 aliphatic carbocycles. The summed E-state index contributed by atoms with van der Waals surface area (Å²) in [5, 5.41) is 0. The van der Waals surface area contributed by atoms with Gasteiger partial charge in [0.25, 0.3) is 0 Å². The van der Waals surface area contributed by atoms with Crippen LogP contribution in [0.2, 0.25) is 0 Å². The molecule has 2 aliphatic heterocycles. The number of hydrogen-bond acceptors (Lipinski definition) is 10. The van der Waals surface area contributed by atoms with E-state index in [2.05, 4.69) is 21.7 Å². The van der Waals surface area contributed by atoms with Crippen molar-refractivity contribution < 1.29 is 13.2 Å². The van der Waals surface area contributed by atoms with E-state index < -0.39 is 10.0 Å². The quantitative estimate of drug-likeness (QED) is 0.553. The second-order valence-corrected chi connectivity index (χ2v) is 11.8. The van der Waals surface area contributed by atoms with E-state index in [4.69, 9.17) is 20.4 Å². The number of hydrogen-bond donors (Lipinski definition) is 1. The number of aryl methyl sites for hydroxylation is 1. The normalized spacial score (nSPS) is 18.6. The molecule has 5 rings (SSSR count). The van der Waals surface area contributed by atoms with E-state index in [9.17, 15) is 8.42 Å². The van der Waals surface area contributed by atoms with Gasteiger partial charge >= 0.3 is 0 Å². The zero-order chi connectivity index (χ0) is 23.9. The monoisotopic (exact) mass is 503 g/mol. The lowest BCUT2D eigenvalue weighted by Gasteiger charge is -2.33. The second-order valence-electron chi connectivity index (χ2n) is 8.71. The van der Waals surface area contributed by atoms with Crippen LogP contribution in [0.15, 0.2) is 18.3 Å². The van der Waals surface area contributed by atoms with E-state index in [-0.39, 0.29) is 0 Å². The molecule has 0 unspecified atom stereocenters. The molecule has 2 aliphatic rings. The molecule has 0 bridgehead atoms. The van der Waals surface area contributed by atoms with Crippen molar-refractivity contribution in [3.8, 4) is 11.4 Å². The first kappa shape index (κ1) is 23.4. The summed E-state index contributed by atoms with van der Waals surface area (Å²) in [7, 11) is -3.14. The number of nitrogens with zero attached hydrogens (tertiary/aromatic N) is 6. The molecule has 0 saturated carbocycles. The van der Waals surface area contributed by atoms with Crippen molar-refractivity contribution in [1.29, 1.82) is 0 Å². The number of pyridine rings is 1. The summed E-state index contributed by atoms with van der Waals surface area (Å²) in [5.74, 6) is 2.03. The Kier molecular flexibility index (Phi) is 6.42. The average molecular weight is 504 g/mol. The number of fused-ring (bicyclic) bond motifs is 1. The number of nitrogen functional groups attached to an aromatic ring is 1. The Balaban J connectivity index is 1.49. The van der Waals surface area contributed by atoms with Crippen molar-refractivity contribution in [3.05, 3.63) is 28.8 Å². The summed E-state index contributed by atoms with van der Waals surface area (Å²) < 4.78 is 31.9. The van der Waals surface area contributed by atoms with Gasteiger partial charge in [-0.25, -0.2) is 23.4 Å². The molecular formula is C22H29N7O3S2. The number of anilines is 2. The molecular weight excluding hydrogens is 474 g/mol. The van der Waals surface area contributed by atoms with Gasteiger partial charge in [-0.1, -0.05) is 0 Å². The van der Waals surface area contributed by atoms with Crippen molar-refractivity contribution in [1.82, 2.24) is 24.2 Å². The summed E-state index contributed by atoms with van der Waals surface area (Å²) in [6.45, 7) is 8.27. The third-order valence-corrected chi connectivity index (χ3v) is 8.93. The minimum absolute atomic E-state index is 0.461. The predicted molar refractivity (Wildman–Crippen MR) is 135 cm³/mol. The molecule has 3 aromatic rings. The van der Waals surface area contributed by atoms with Gasteiger partial charge in [-0.3, -0.25) is 4.90 Å². The molecule has 0 spiro atoms. The lowest BCUT2D eigenvalue weighted by atomic mass is 10.2. The fraction of sp³-hybridized carbons (Fsp3) is 0.500. The molecule has 10 nitrogen and oxygen atoms in total. The third-order valence-electron chi connectivity index (χ3n) is 6.37. The molecule has 12 heteroatoms. The number of nitrogens with two attached hydrogens (primary N) is 1. The lowest BCUT2D eigenvalue weighted by Crippen LogP contribution is -2.47. The maximum atomic E-state index is 11.8. The molecule has 5 heterocycles. The molecule has 0 radical (unpaired) electrons. The van der Waals surface area contributed by atoms with Crippen LogP contribution in [0.3, 0.4) is 0 Å². The smallest absolute Gasteiger partial charge is 0.211 e. The molecule has 2 saturated heterocycles. The van der Waals surface area contributed by atoms with E-state index in [1.165, 1.54) is 11.1 Å². The van der Waals surface area contributed by atoms with Gasteiger partial charge in [0.2, 0.25) is 10.0 Å². The zero-order valence-corrected chi connectivity index (χ0v) is 21.0. The number of thiophene rings is 1. The Morgan fingerprint density at radius 3 is 2.47 bits per heavy atom. The third kappa shape index (κ3) is 4.73. The minimum atomic E-state index is -3.14. The van der Waals surface area contributed by atoms with Crippen LogP contribution in [0.4, 0.5) is 11.6 Å². The van der Waals surface area contributed by atoms with Gasteiger partial charge in [0.1, 0.15) is 5.82 Å². The first-order valence-corrected chi connectivity index (χ1v) is 14.0. The molecule has 3 aromatic heterocycles. The van der Waals surface area contributed by atoms with Crippen LogP contribution in [0, 0.1) is 6.92 Å². The maximum Gasteiger partial charge on any atom is 0.211 e. The van der Waals surface area contributed by atoms with Gasteiger partial charge in [-0.15, -0.1) is 11.3 Å². The number of ether oxygens (including phenoxy) is 1. The Hall–Kier alpha value is -2.38. The van der Waals surface area contributed by atoms with Crippen molar-refractivity contribution in [2.45, 2.75) is 13.5 Å². The van der Waals surface area contributed by atoms with Gasteiger partial charge in [0.15, 0.2) is 11.6 Å². The molecule has 0 atom stereocenters. The van der Waals surface area contributed by atoms with Gasteiger partial charge in [-0.2, -0.15) is 4.31 Å².